The number of benzene rings is 2. The quantitative estimate of drug-likeness (QED) is 0.939. The van der Waals surface area contributed by atoms with Gasteiger partial charge in [0.25, 0.3) is 5.91 Å². The van der Waals surface area contributed by atoms with Crippen molar-refractivity contribution in [3.8, 4) is 0 Å². The molecule has 1 aliphatic rings. The molecule has 0 radical (unpaired) electrons. The molecule has 0 saturated carbocycles. The van der Waals surface area contributed by atoms with Crippen molar-refractivity contribution < 1.29 is 9.53 Å². The third-order valence-corrected chi connectivity index (χ3v) is 3.84. The molecule has 1 unspecified atom stereocenters. The van der Waals surface area contributed by atoms with Gasteiger partial charge in [-0.2, -0.15) is 0 Å². The smallest absolute Gasteiger partial charge is 0.251 e. The lowest BCUT2D eigenvalue weighted by Crippen LogP contribution is -2.36. The van der Waals surface area contributed by atoms with Crippen LogP contribution in [-0.2, 0) is 17.8 Å². The van der Waals surface area contributed by atoms with Gasteiger partial charge in [0.15, 0.2) is 0 Å². The Morgan fingerprint density at radius 1 is 1.14 bits per heavy atom. The normalized spacial score (nSPS) is 17.1. The lowest BCUT2D eigenvalue weighted by molar-refractivity contribution is 0.0285. The zero-order chi connectivity index (χ0) is 14.7. The number of hydrogen-bond acceptors (Lipinski definition) is 2. The van der Waals surface area contributed by atoms with Gasteiger partial charge in [-0.25, -0.2) is 0 Å². The van der Waals surface area contributed by atoms with E-state index < -0.39 is 0 Å². The highest BCUT2D eigenvalue weighted by atomic mass is 16.5. The first-order valence-corrected chi connectivity index (χ1v) is 7.25. The predicted molar refractivity (Wildman–Crippen MR) is 82.2 cm³/mol. The summed E-state index contributed by atoms with van der Waals surface area (Å²) in [6.07, 6.45) is 0.902. The third kappa shape index (κ3) is 3.31. The monoisotopic (exact) mass is 281 g/mol. The Bertz CT molecular complexity index is 634. The summed E-state index contributed by atoms with van der Waals surface area (Å²) in [5.41, 5.74) is 4.41. The Morgan fingerprint density at radius 2 is 1.86 bits per heavy atom. The minimum atomic E-state index is -0.0440. The Morgan fingerprint density at radius 3 is 2.62 bits per heavy atom. The molecule has 1 heterocycles. The molecule has 3 nitrogen and oxygen atoms in total. The Kier molecular flexibility index (Phi) is 4.02. The van der Waals surface area contributed by atoms with Crippen molar-refractivity contribution in [2.75, 3.05) is 6.54 Å². The van der Waals surface area contributed by atoms with Crippen LogP contribution in [0.5, 0.6) is 0 Å². The van der Waals surface area contributed by atoms with Gasteiger partial charge in [-0.05, 0) is 30.2 Å². The Labute approximate surface area is 124 Å². The number of aryl methyl sites for hydroxylation is 1. The van der Waals surface area contributed by atoms with E-state index in [1.54, 1.807) is 0 Å². The summed E-state index contributed by atoms with van der Waals surface area (Å²) in [7, 11) is 0. The SMILES string of the molecule is Cc1ccc(C(=O)NCC2Cc3ccccc3CO2)cc1. The fourth-order valence-electron chi connectivity index (χ4n) is 2.55. The van der Waals surface area contributed by atoms with E-state index in [1.165, 1.54) is 11.1 Å². The number of amides is 1. The van der Waals surface area contributed by atoms with Crippen LogP contribution in [0.3, 0.4) is 0 Å². The fourth-order valence-corrected chi connectivity index (χ4v) is 2.55. The molecular weight excluding hydrogens is 262 g/mol. The molecule has 1 amide bonds. The van der Waals surface area contributed by atoms with Gasteiger partial charge in [0, 0.05) is 18.5 Å². The first-order chi connectivity index (χ1) is 10.2. The molecule has 1 aliphatic heterocycles. The summed E-state index contributed by atoms with van der Waals surface area (Å²) < 4.78 is 5.80. The fraction of sp³-hybridized carbons (Fsp3) is 0.278. The summed E-state index contributed by atoms with van der Waals surface area (Å²) in [4.78, 5) is 12.1. The van der Waals surface area contributed by atoms with E-state index in [9.17, 15) is 4.79 Å². The molecule has 1 N–H and O–H groups in total. The standard InChI is InChI=1S/C18H19NO2/c1-13-6-8-14(9-7-13)18(20)19-11-17-10-15-4-2-3-5-16(15)12-21-17/h2-9,17H,10-12H2,1H3,(H,19,20). The van der Waals surface area contributed by atoms with E-state index in [0.717, 1.165) is 12.0 Å². The average Bonchev–Trinajstić information content (AvgIpc) is 2.53. The van der Waals surface area contributed by atoms with Gasteiger partial charge in [0.1, 0.15) is 0 Å². The second-order valence-electron chi connectivity index (χ2n) is 5.48. The molecule has 0 spiro atoms. The number of ether oxygens (including phenoxy) is 1. The number of hydrogen-bond donors (Lipinski definition) is 1. The Balaban J connectivity index is 1.56. The van der Waals surface area contributed by atoms with Crippen LogP contribution in [0.2, 0.25) is 0 Å². The summed E-state index contributed by atoms with van der Waals surface area (Å²) in [5, 5.41) is 2.95. The van der Waals surface area contributed by atoms with Crippen molar-refractivity contribution >= 4 is 5.91 Å². The molecule has 0 aromatic heterocycles. The van der Waals surface area contributed by atoms with Gasteiger partial charge in [-0.15, -0.1) is 0 Å². The second-order valence-corrected chi connectivity index (χ2v) is 5.48. The summed E-state index contributed by atoms with van der Waals surface area (Å²) in [6, 6.07) is 15.9. The zero-order valence-electron chi connectivity index (χ0n) is 12.1. The lowest BCUT2D eigenvalue weighted by atomic mass is 9.99. The van der Waals surface area contributed by atoms with Gasteiger partial charge in [-0.1, -0.05) is 42.0 Å². The van der Waals surface area contributed by atoms with Gasteiger partial charge in [-0.3, -0.25) is 4.79 Å². The lowest BCUT2D eigenvalue weighted by Gasteiger charge is -2.25. The van der Waals surface area contributed by atoms with Crippen LogP contribution in [-0.4, -0.2) is 18.6 Å². The molecule has 0 saturated heterocycles. The van der Waals surface area contributed by atoms with E-state index >= 15 is 0 Å². The molecule has 0 fully saturated rings. The molecular formula is C18H19NO2. The molecule has 2 aromatic carbocycles. The average molecular weight is 281 g/mol. The molecule has 0 bridgehead atoms. The predicted octanol–water partition coefficient (Wildman–Crippen LogP) is 2.87. The van der Waals surface area contributed by atoms with E-state index in [2.05, 4.69) is 17.4 Å². The highest BCUT2D eigenvalue weighted by Gasteiger charge is 2.19. The molecule has 3 heteroatoms. The van der Waals surface area contributed by atoms with Crippen molar-refractivity contribution in [2.45, 2.75) is 26.1 Å². The van der Waals surface area contributed by atoms with Crippen molar-refractivity contribution in [3.05, 3.63) is 70.8 Å². The molecule has 108 valence electrons. The van der Waals surface area contributed by atoms with Crippen LogP contribution in [0.25, 0.3) is 0 Å². The van der Waals surface area contributed by atoms with E-state index in [1.807, 2.05) is 43.3 Å². The van der Waals surface area contributed by atoms with Gasteiger partial charge in [0.05, 0.1) is 12.7 Å². The van der Waals surface area contributed by atoms with Crippen LogP contribution in [0.1, 0.15) is 27.0 Å². The largest absolute Gasteiger partial charge is 0.371 e. The van der Waals surface area contributed by atoms with Crippen LogP contribution >= 0.6 is 0 Å². The molecule has 2 aromatic rings. The maximum Gasteiger partial charge on any atom is 0.251 e. The van der Waals surface area contributed by atoms with E-state index in [0.29, 0.717) is 18.7 Å². The topological polar surface area (TPSA) is 38.3 Å². The van der Waals surface area contributed by atoms with E-state index in [4.69, 9.17) is 4.74 Å². The van der Waals surface area contributed by atoms with Crippen molar-refractivity contribution in [1.29, 1.82) is 0 Å². The summed E-state index contributed by atoms with van der Waals surface area (Å²) in [5.74, 6) is -0.0440. The third-order valence-electron chi connectivity index (χ3n) is 3.84. The summed E-state index contributed by atoms with van der Waals surface area (Å²) >= 11 is 0. The van der Waals surface area contributed by atoms with Crippen molar-refractivity contribution in [1.82, 2.24) is 5.32 Å². The first kappa shape index (κ1) is 13.8. The van der Waals surface area contributed by atoms with E-state index in [-0.39, 0.29) is 12.0 Å². The second kappa shape index (κ2) is 6.10. The zero-order valence-corrected chi connectivity index (χ0v) is 12.1. The Hall–Kier alpha value is -2.13. The highest BCUT2D eigenvalue weighted by Crippen LogP contribution is 2.19. The van der Waals surface area contributed by atoms with Gasteiger partial charge in [0.2, 0.25) is 0 Å². The first-order valence-electron chi connectivity index (χ1n) is 7.25. The van der Waals surface area contributed by atoms with Crippen LogP contribution in [0.4, 0.5) is 0 Å². The maximum atomic E-state index is 12.1. The molecule has 1 atom stereocenters. The highest BCUT2D eigenvalue weighted by molar-refractivity contribution is 5.94. The van der Waals surface area contributed by atoms with Crippen LogP contribution in [0, 0.1) is 6.92 Å². The van der Waals surface area contributed by atoms with Crippen molar-refractivity contribution in [2.24, 2.45) is 0 Å². The van der Waals surface area contributed by atoms with Crippen LogP contribution < -0.4 is 5.32 Å². The molecule has 21 heavy (non-hydrogen) atoms. The van der Waals surface area contributed by atoms with Gasteiger partial charge < -0.3 is 10.1 Å². The van der Waals surface area contributed by atoms with Gasteiger partial charge >= 0.3 is 0 Å². The number of nitrogens with one attached hydrogen (secondary N) is 1. The number of carbonyl (C=O) groups is 1. The van der Waals surface area contributed by atoms with Crippen LogP contribution in [0.15, 0.2) is 48.5 Å². The van der Waals surface area contributed by atoms with Crippen molar-refractivity contribution in [3.63, 3.8) is 0 Å². The number of fused-ring (bicyclic) bond motifs is 1. The molecule has 3 rings (SSSR count). The molecule has 0 aliphatic carbocycles. The number of carbonyl (C=O) groups excluding carboxylic acids is 1. The minimum absolute atomic E-state index is 0.0440. The minimum Gasteiger partial charge on any atom is -0.371 e. The summed E-state index contributed by atoms with van der Waals surface area (Å²) in [6.45, 7) is 3.18. The number of rotatable bonds is 3. The maximum absolute atomic E-state index is 12.1.